The van der Waals surface area contributed by atoms with Gasteiger partial charge in [0.05, 0.1) is 11.6 Å². The SMILES string of the molecule is Cc1cc(C#N)c(C)c(Oc2cccc(F)c2)c1. The highest BCUT2D eigenvalue weighted by Crippen LogP contribution is 2.28. The van der Waals surface area contributed by atoms with E-state index < -0.39 is 0 Å². The van der Waals surface area contributed by atoms with Gasteiger partial charge in [0.15, 0.2) is 0 Å². The van der Waals surface area contributed by atoms with Crippen LogP contribution in [0.15, 0.2) is 36.4 Å². The average Bonchev–Trinajstić information content (AvgIpc) is 2.33. The molecule has 18 heavy (non-hydrogen) atoms. The summed E-state index contributed by atoms with van der Waals surface area (Å²) in [6, 6.07) is 11.7. The summed E-state index contributed by atoms with van der Waals surface area (Å²) in [7, 11) is 0. The van der Waals surface area contributed by atoms with E-state index in [1.54, 1.807) is 18.2 Å². The monoisotopic (exact) mass is 241 g/mol. The fraction of sp³-hybridized carbons (Fsp3) is 0.133. The third kappa shape index (κ3) is 2.49. The van der Waals surface area contributed by atoms with Crippen LogP contribution in [0.5, 0.6) is 11.5 Å². The van der Waals surface area contributed by atoms with Gasteiger partial charge in [-0.2, -0.15) is 5.26 Å². The minimum absolute atomic E-state index is 0.349. The van der Waals surface area contributed by atoms with Gasteiger partial charge in [0.25, 0.3) is 0 Å². The molecule has 0 atom stereocenters. The van der Waals surface area contributed by atoms with Crippen LogP contribution in [-0.2, 0) is 0 Å². The number of benzene rings is 2. The van der Waals surface area contributed by atoms with Crippen LogP contribution < -0.4 is 4.74 Å². The van der Waals surface area contributed by atoms with Crippen molar-refractivity contribution in [2.45, 2.75) is 13.8 Å². The van der Waals surface area contributed by atoms with E-state index in [1.807, 2.05) is 19.9 Å². The van der Waals surface area contributed by atoms with E-state index >= 15 is 0 Å². The summed E-state index contributed by atoms with van der Waals surface area (Å²) in [5.74, 6) is 0.656. The molecule has 0 N–H and O–H groups in total. The first kappa shape index (κ1) is 12.1. The van der Waals surface area contributed by atoms with Crippen molar-refractivity contribution in [2.75, 3.05) is 0 Å². The molecule has 3 heteroatoms. The Hall–Kier alpha value is -2.34. The molecular formula is C15H12FNO. The normalized spacial score (nSPS) is 9.89. The number of nitriles is 1. The third-order valence-corrected chi connectivity index (χ3v) is 2.65. The lowest BCUT2D eigenvalue weighted by Crippen LogP contribution is -1.92. The largest absolute Gasteiger partial charge is 0.457 e. The average molecular weight is 241 g/mol. The first-order valence-electron chi connectivity index (χ1n) is 5.55. The van der Waals surface area contributed by atoms with Gasteiger partial charge in [-0.1, -0.05) is 6.07 Å². The zero-order valence-corrected chi connectivity index (χ0v) is 10.2. The van der Waals surface area contributed by atoms with Crippen molar-refractivity contribution < 1.29 is 9.13 Å². The number of hydrogen-bond acceptors (Lipinski definition) is 2. The zero-order valence-electron chi connectivity index (χ0n) is 10.2. The summed E-state index contributed by atoms with van der Waals surface area (Å²) in [5.41, 5.74) is 2.26. The van der Waals surface area contributed by atoms with Crippen LogP contribution in [0.2, 0.25) is 0 Å². The molecule has 0 aliphatic rings. The third-order valence-electron chi connectivity index (χ3n) is 2.65. The molecule has 0 spiro atoms. The minimum Gasteiger partial charge on any atom is -0.457 e. The highest BCUT2D eigenvalue weighted by Gasteiger charge is 2.08. The maximum Gasteiger partial charge on any atom is 0.131 e. The fourth-order valence-corrected chi connectivity index (χ4v) is 1.70. The van der Waals surface area contributed by atoms with Crippen molar-refractivity contribution in [2.24, 2.45) is 0 Å². The molecule has 0 aromatic heterocycles. The Morgan fingerprint density at radius 3 is 2.61 bits per heavy atom. The first-order chi connectivity index (χ1) is 8.60. The van der Waals surface area contributed by atoms with Gasteiger partial charge in [-0.15, -0.1) is 0 Å². The lowest BCUT2D eigenvalue weighted by atomic mass is 10.1. The Morgan fingerprint density at radius 1 is 1.17 bits per heavy atom. The summed E-state index contributed by atoms with van der Waals surface area (Å²) in [4.78, 5) is 0. The van der Waals surface area contributed by atoms with E-state index in [1.165, 1.54) is 12.1 Å². The molecule has 0 fully saturated rings. The topological polar surface area (TPSA) is 33.0 Å². The molecule has 2 aromatic rings. The number of ether oxygens (including phenoxy) is 1. The second-order valence-corrected chi connectivity index (χ2v) is 4.11. The van der Waals surface area contributed by atoms with Gasteiger partial charge in [-0.3, -0.25) is 0 Å². The molecule has 0 amide bonds. The molecule has 0 heterocycles. The molecule has 2 aromatic carbocycles. The van der Waals surface area contributed by atoms with Crippen molar-refractivity contribution in [3.63, 3.8) is 0 Å². The predicted molar refractivity (Wildman–Crippen MR) is 67.1 cm³/mol. The van der Waals surface area contributed by atoms with Crippen LogP contribution in [0.25, 0.3) is 0 Å². The number of hydrogen-bond donors (Lipinski definition) is 0. The second kappa shape index (κ2) is 4.89. The van der Waals surface area contributed by atoms with Crippen LogP contribution in [0, 0.1) is 31.0 Å². The lowest BCUT2D eigenvalue weighted by Gasteiger charge is -2.11. The molecule has 0 unspecified atom stereocenters. The van der Waals surface area contributed by atoms with Crippen molar-refractivity contribution in [3.05, 3.63) is 58.9 Å². The number of rotatable bonds is 2. The van der Waals surface area contributed by atoms with Crippen LogP contribution >= 0.6 is 0 Å². The highest BCUT2D eigenvalue weighted by atomic mass is 19.1. The van der Waals surface area contributed by atoms with E-state index in [0.29, 0.717) is 17.1 Å². The Balaban J connectivity index is 2.41. The second-order valence-electron chi connectivity index (χ2n) is 4.11. The molecule has 0 aliphatic carbocycles. The van der Waals surface area contributed by atoms with Gasteiger partial charge in [0.2, 0.25) is 0 Å². The van der Waals surface area contributed by atoms with Crippen molar-refractivity contribution in [1.82, 2.24) is 0 Å². The summed E-state index contributed by atoms with van der Waals surface area (Å²) in [6.07, 6.45) is 0. The van der Waals surface area contributed by atoms with Gasteiger partial charge >= 0.3 is 0 Å². The van der Waals surface area contributed by atoms with Crippen LogP contribution in [0.3, 0.4) is 0 Å². The fourth-order valence-electron chi connectivity index (χ4n) is 1.70. The Bertz CT molecular complexity index is 629. The highest BCUT2D eigenvalue weighted by molar-refractivity contribution is 5.49. The van der Waals surface area contributed by atoms with Crippen molar-refractivity contribution >= 4 is 0 Å². The van der Waals surface area contributed by atoms with E-state index in [9.17, 15) is 4.39 Å². The molecule has 0 saturated heterocycles. The summed E-state index contributed by atoms with van der Waals surface area (Å²) < 4.78 is 18.7. The molecule has 2 rings (SSSR count). The standard InChI is InChI=1S/C15H12FNO/c1-10-6-12(9-17)11(2)15(7-10)18-14-5-3-4-13(16)8-14/h3-8H,1-2H3. The maximum atomic E-state index is 13.1. The number of nitrogens with zero attached hydrogens (tertiary/aromatic N) is 1. The minimum atomic E-state index is -0.349. The van der Waals surface area contributed by atoms with E-state index in [2.05, 4.69) is 6.07 Å². The molecule has 0 bridgehead atoms. The summed E-state index contributed by atoms with van der Waals surface area (Å²) >= 11 is 0. The molecular weight excluding hydrogens is 229 g/mol. The zero-order chi connectivity index (χ0) is 13.1. The molecule has 0 radical (unpaired) electrons. The summed E-state index contributed by atoms with van der Waals surface area (Å²) in [6.45, 7) is 3.70. The van der Waals surface area contributed by atoms with Crippen molar-refractivity contribution in [1.29, 1.82) is 5.26 Å². The number of aryl methyl sites for hydroxylation is 1. The molecule has 0 saturated carbocycles. The number of halogens is 1. The predicted octanol–water partition coefficient (Wildman–Crippen LogP) is 4.11. The van der Waals surface area contributed by atoms with Gasteiger partial charge in [-0.05, 0) is 43.7 Å². The molecule has 0 aliphatic heterocycles. The smallest absolute Gasteiger partial charge is 0.131 e. The maximum absolute atomic E-state index is 13.1. The Morgan fingerprint density at radius 2 is 1.94 bits per heavy atom. The van der Waals surface area contributed by atoms with Gasteiger partial charge < -0.3 is 4.74 Å². The van der Waals surface area contributed by atoms with E-state index in [0.717, 1.165) is 11.1 Å². The molecule has 2 nitrogen and oxygen atoms in total. The van der Waals surface area contributed by atoms with E-state index in [-0.39, 0.29) is 5.82 Å². The lowest BCUT2D eigenvalue weighted by molar-refractivity contribution is 0.472. The quantitative estimate of drug-likeness (QED) is 0.792. The van der Waals surface area contributed by atoms with Crippen LogP contribution in [-0.4, -0.2) is 0 Å². The van der Waals surface area contributed by atoms with E-state index in [4.69, 9.17) is 10.00 Å². The van der Waals surface area contributed by atoms with Gasteiger partial charge in [-0.25, -0.2) is 4.39 Å². The van der Waals surface area contributed by atoms with Crippen LogP contribution in [0.4, 0.5) is 4.39 Å². The van der Waals surface area contributed by atoms with Gasteiger partial charge in [0, 0.05) is 11.6 Å². The van der Waals surface area contributed by atoms with Gasteiger partial charge in [0.1, 0.15) is 17.3 Å². The summed E-state index contributed by atoms with van der Waals surface area (Å²) in [5, 5.41) is 9.01. The Kier molecular flexibility index (Phi) is 3.29. The Labute approximate surface area is 105 Å². The molecule has 90 valence electrons. The van der Waals surface area contributed by atoms with Crippen molar-refractivity contribution in [3.8, 4) is 17.6 Å². The first-order valence-corrected chi connectivity index (χ1v) is 5.55. The van der Waals surface area contributed by atoms with Crippen LogP contribution in [0.1, 0.15) is 16.7 Å².